The molecule has 1 aromatic rings. The molecule has 0 radical (unpaired) electrons. The number of esters is 1. The fourth-order valence-electron chi connectivity index (χ4n) is 1.57. The van der Waals surface area contributed by atoms with Crippen LogP contribution in [0.1, 0.15) is 30.0 Å². The largest absolute Gasteiger partial charge is 0.466 e. The molecule has 0 aliphatic carbocycles. The van der Waals surface area contributed by atoms with Gasteiger partial charge in [0.25, 0.3) is 6.43 Å². The molecule has 0 saturated carbocycles. The van der Waals surface area contributed by atoms with Gasteiger partial charge in [-0.15, -0.1) is 0 Å². The number of carbonyl (C=O) groups excluding carboxylic acids is 1. The second-order valence-corrected chi connectivity index (χ2v) is 3.64. The van der Waals surface area contributed by atoms with Gasteiger partial charge in [-0.1, -0.05) is 0 Å². The summed E-state index contributed by atoms with van der Waals surface area (Å²) in [4.78, 5) is 13.9. The summed E-state index contributed by atoms with van der Waals surface area (Å²) in [6.45, 7) is 1.37. The molecule has 3 nitrogen and oxygen atoms in total. The zero-order valence-corrected chi connectivity index (χ0v) is 10.1. The van der Waals surface area contributed by atoms with E-state index in [0.29, 0.717) is 6.20 Å². The smallest absolute Gasteiger partial charge is 0.421 e. The zero-order valence-electron chi connectivity index (χ0n) is 10.1. The Kier molecular flexibility index (Phi) is 4.96. The summed E-state index contributed by atoms with van der Waals surface area (Å²) in [5, 5.41) is 0. The highest BCUT2D eigenvalue weighted by Gasteiger charge is 2.41. The Hall–Kier alpha value is -1.80. The Bertz CT molecular complexity index is 500. The molecule has 0 aromatic carbocycles. The van der Waals surface area contributed by atoms with Gasteiger partial charge >= 0.3 is 12.1 Å². The van der Waals surface area contributed by atoms with Gasteiger partial charge in [-0.05, 0) is 12.5 Å². The molecule has 0 aliphatic heterocycles. The van der Waals surface area contributed by atoms with E-state index in [4.69, 9.17) is 0 Å². The van der Waals surface area contributed by atoms with Crippen LogP contribution in [0.15, 0.2) is 6.20 Å². The van der Waals surface area contributed by atoms with Gasteiger partial charge < -0.3 is 4.74 Å². The summed E-state index contributed by atoms with van der Waals surface area (Å²) in [6.07, 6.45) is -9.31. The summed E-state index contributed by atoms with van der Waals surface area (Å²) in [5.41, 5.74) is -4.46. The Morgan fingerprint density at radius 2 is 2.00 bits per heavy atom. The van der Waals surface area contributed by atoms with Crippen molar-refractivity contribution < 1.29 is 35.9 Å². The number of carbonyl (C=O) groups is 1. The van der Waals surface area contributed by atoms with Crippen molar-refractivity contribution in [3.63, 3.8) is 0 Å². The monoisotopic (exact) mass is 301 g/mol. The Morgan fingerprint density at radius 1 is 1.40 bits per heavy atom. The lowest BCUT2D eigenvalue weighted by Gasteiger charge is -2.16. The summed E-state index contributed by atoms with van der Waals surface area (Å²) < 4.78 is 80.9. The molecule has 1 aromatic heterocycles. The molecular formula is C11H9F6NO2. The maximum Gasteiger partial charge on any atom is 0.421 e. The number of hydrogen-bond donors (Lipinski definition) is 0. The molecule has 0 N–H and O–H groups in total. The average Bonchev–Trinajstić information content (AvgIpc) is 2.29. The van der Waals surface area contributed by atoms with Crippen molar-refractivity contribution in [2.24, 2.45) is 0 Å². The quantitative estimate of drug-likeness (QED) is 0.487. The molecule has 0 bridgehead atoms. The lowest BCUT2D eigenvalue weighted by atomic mass is 10.0. The van der Waals surface area contributed by atoms with Gasteiger partial charge in [-0.3, -0.25) is 4.79 Å². The maximum absolute atomic E-state index is 13.1. The minimum atomic E-state index is -5.34. The number of alkyl halides is 5. The predicted molar refractivity (Wildman–Crippen MR) is 54.5 cm³/mol. The van der Waals surface area contributed by atoms with Crippen LogP contribution in [0.3, 0.4) is 0 Å². The third-order valence-electron chi connectivity index (χ3n) is 2.30. The van der Waals surface area contributed by atoms with Crippen molar-refractivity contribution in [1.82, 2.24) is 4.98 Å². The lowest BCUT2D eigenvalue weighted by Crippen LogP contribution is -2.18. The first-order valence-electron chi connectivity index (χ1n) is 5.36. The molecule has 0 aliphatic rings. The molecule has 1 rings (SSSR count). The van der Waals surface area contributed by atoms with Crippen LogP contribution in [0.5, 0.6) is 0 Å². The van der Waals surface area contributed by atoms with Gasteiger partial charge in [-0.2, -0.15) is 17.6 Å². The number of ether oxygens (including phenoxy) is 1. The third-order valence-corrected chi connectivity index (χ3v) is 2.30. The van der Waals surface area contributed by atoms with E-state index in [1.807, 2.05) is 0 Å². The summed E-state index contributed by atoms with van der Waals surface area (Å²) >= 11 is 0. The summed E-state index contributed by atoms with van der Waals surface area (Å²) in [7, 11) is 0. The van der Waals surface area contributed by atoms with Crippen molar-refractivity contribution in [3.05, 3.63) is 28.8 Å². The molecule has 0 spiro atoms. The highest BCUT2D eigenvalue weighted by atomic mass is 19.4. The van der Waals surface area contributed by atoms with Gasteiger partial charge in [0.1, 0.15) is 5.56 Å². The minimum Gasteiger partial charge on any atom is -0.466 e. The number of pyridine rings is 1. The topological polar surface area (TPSA) is 39.2 Å². The number of rotatable bonds is 4. The minimum absolute atomic E-state index is 0.0659. The van der Waals surface area contributed by atoms with Gasteiger partial charge in [0.05, 0.1) is 13.0 Å². The van der Waals surface area contributed by atoms with E-state index in [2.05, 4.69) is 9.72 Å². The third kappa shape index (κ3) is 3.61. The molecule has 0 atom stereocenters. The first-order valence-corrected chi connectivity index (χ1v) is 5.36. The standard InChI is InChI=1S/C11H9F6NO2/c1-2-20-6(19)3-5-4-18-10(14)8(11(15,16)17)7(5)9(12)13/h4,9H,2-3H2,1H3. The normalized spacial score (nSPS) is 11.8. The Labute approximate surface area is 109 Å². The van der Waals surface area contributed by atoms with Crippen LogP contribution >= 0.6 is 0 Å². The first-order chi connectivity index (χ1) is 9.18. The Balaban J connectivity index is 3.36. The van der Waals surface area contributed by atoms with Crippen LogP contribution < -0.4 is 0 Å². The van der Waals surface area contributed by atoms with Crippen LogP contribution in [-0.4, -0.2) is 17.6 Å². The molecule has 9 heteroatoms. The van der Waals surface area contributed by atoms with Crippen LogP contribution in [0.4, 0.5) is 26.3 Å². The van der Waals surface area contributed by atoms with Gasteiger partial charge in [0.15, 0.2) is 0 Å². The van der Waals surface area contributed by atoms with E-state index in [-0.39, 0.29) is 6.61 Å². The molecule has 20 heavy (non-hydrogen) atoms. The van der Waals surface area contributed by atoms with E-state index < -0.39 is 47.6 Å². The van der Waals surface area contributed by atoms with Gasteiger partial charge in [0, 0.05) is 11.8 Å². The number of hydrogen-bond acceptors (Lipinski definition) is 3. The molecule has 0 amide bonds. The summed E-state index contributed by atoms with van der Waals surface area (Å²) in [5.74, 6) is -3.06. The van der Waals surface area contributed by atoms with Crippen LogP contribution in [0.25, 0.3) is 0 Å². The lowest BCUT2D eigenvalue weighted by molar-refractivity contribution is -0.144. The number of nitrogens with zero attached hydrogens (tertiary/aromatic N) is 1. The average molecular weight is 301 g/mol. The van der Waals surface area contributed by atoms with E-state index in [0.717, 1.165) is 0 Å². The van der Waals surface area contributed by atoms with E-state index >= 15 is 0 Å². The second kappa shape index (κ2) is 6.10. The van der Waals surface area contributed by atoms with E-state index in [1.165, 1.54) is 6.92 Å². The van der Waals surface area contributed by atoms with Crippen molar-refractivity contribution in [3.8, 4) is 0 Å². The first kappa shape index (κ1) is 16.3. The van der Waals surface area contributed by atoms with E-state index in [1.54, 1.807) is 0 Å². The van der Waals surface area contributed by atoms with Crippen LogP contribution in [0, 0.1) is 5.95 Å². The van der Waals surface area contributed by atoms with Crippen LogP contribution in [0.2, 0.25) is 0 Å². The highest BCUT2D eigenvalue weighted by molar-refractivity contribution is 5.73. The molecular weight excluding hydrogens is 292 g/mol. The van der Waals surface area contributed by atoms with Gasteiger partial charge in [-0.25, -0.2) is 13.8 Å². The molecule has 1 heterocycles. The molecule has 0 unspecified atom stereocenters. The number of aromatic nitrogens is 1. The maximum atomic E-state index is 13.1. The molecule has 0 fully saturated rings. The second-order valence-electron chi connectivity index (χ2n) is 3.64. The summed E-state index contributed by atoms with van der Waals surface area (Å²) in [6, 6.07) is 0. The molecule has 112 valence electrons. The molecule has 0 saturated heterocycles. The number of halogens is 6. The van der Waals surface area contributed by atoms with E-state index in [9.17, 15) is 31.1 Å². The fraction of sp³-hybridized carbons (Fsp3) is 0.455. The van der Waals surface area contributed by atoms with Gasteiger partial charge in [0.2, 0.25) is 5.95 Å². The highest BCUT2D eigenvalue weighted by Crippen LogP contribution is 2.39. The van der Waals surface area contributed by atoms with Crippen molar-refractivity contribution in [2.75, 3.05) is 6.61 Å². The fourth-order valence-corrected chi connectivity index (χ4v) is 1.57. The Morgan fingerprint density at radius 3 is 2.45 bits per heavy atom. The van der Waals surface area contributed by atoms with Crippen molar-refractivity contribution in [2.45, 2.75) is 25.9 Å². The zero-order chi connectivity index (χ0) is 15.5. The predicted octanol–water partition coefficient (Wildman–Crippen LogP) is 3.28. The van der Waals surface area contributed by atoms with Crippen LogP contribution in [-0.2, 0) is 22.1 Å². The van der Waals surface area contributed by atoms with Crippen molar-refractivity contribution in [1.29, 1.82) is 0 Å². The van der Waals surface area contributed by atoms with Crippen molar-refractivity contribution >= 4 is 5.97 Å². The SMILES string of the molecule is CCOC(=O)Cc1cnc(F)c(C(F)(F)F)c1C(F)F.